The normalized spacial score (nSPS) is 17.5. The molecule has 0 amide bonds. The number of hydrogen-bond acceptors (Lipinski definition) is 2. The van der Waals surface area contributed by atoms with Gasteiger partial charge in [-0.1, -0.05) is 12.8 Å². The Kier molecular flexibility index (Phi) is 8.32. The molecule has 4 heteroatoms. The lowest BCUT2D eigenvalue weighted by Crippen LogP contribution is -2.40. The van der Waals surface area contributed by atoms with Crippen LogP contribution in [0.1, 0.15) is 44.9 Å². The van der Waals surface area contributed by atoms with Crippen molar-refractivity contribution in [2.45, 2.75) is 44.9 Å². The lowest BCUT2D eigenvalue weighted by Gasteiger charge is -2.27. The van der Waals surface area contributed by atoms with Gasteiger partial charge in [0.05, 0.1) is 0 Å². The van der Waals surface area contributed by atoms with Gasteiger partial charge in [-0.25, -0.2) is 0 Å². The molecule has 0 unspecified atom stereocenters. The fourth-order valence-corrected chi connectivity index (χ4v) is 2.62. The van der Waals surface area contributed by atoms with Gasteiger partial charge in [-0.05, 0) is 44.1 Å². The van der Waals surface area contributed by atoms with Crippen LogP contribution >= 0.6 is 11.8 Å². The van der Waals surface area contributed by atoms with Crippen LogP contribution in [0, 0.1) is 0 Å². The molecule has 0 spiro atoms. The van der Waals surface area contributed by atoms with Gasteiger partial charge in [0.25, 0.3) is 0 Å². The van der Waals surface area contributed by atoms with Crippen molar-refractivity contribution in [1.82, 2.24) is 4.90 Å². The van der Waals surface area contributed by atoms with Crippen LogP contribution in [0.4, 0.5) is 0 Å². The Morgan fingerprint density at radius 3 is 2.53 bits per heavy atom. The number of guanidine groups is 1. The van der Waals surface area contributed by atoms with Crippen LogP contribution in [0.25, 0.3) is 0 Å². The predicted octanol–water partition coefficient (Wildman–Crippen LogP) is 2.71. The van der Waals surface area contributed by atoms with Gasteiger partial charge in [0.2, 0.25) is 0 Å². The molecule has 1 rings (SSSR count). The standard InChI is InChI=1S/C13H27N3S/c1-17-12-8-3-2-5-9-15-13(14)16-10-6-4-7-11-16/h2-12H2,1H3,(H2,14,15). The second-order valence-electron chi connectivity index (χ2n) is 4.69. The summed E-state index contributed by atoms with van der Waals surface area (Å²) in [5.74, 6) is 2.06. The lowest BCUT2D eigenvalue weighted by molar-refractivity contribution is 0.338. The first kappa shape index (κ1) is 14.7. The van der Waals surface area contributed by atoms with E-state index in [9.17, 15) is 0 Å². The van der Waals surface area contributed by atoms with Gasteiger partial charge in [0.15, 0.2) is 5.96 Å². The Hall–Kier alpha value is -0.380. The molecule has 0 aromatic rings. The van der Waals surface area contributed by atoms with E-state index in [0.29, 0.717) is 0 Å². The molecular weight excluding hydrogens is 230 g/mol. The number of hydrogen-bond donors (Lipinski definition) is 1. The molecule has 1 aliphatic rings. The monoisotopic (exact) mass is 257 g/mol. The van der Waals surface area contributed by atoms with Gasteiger partial charge in [-0.15, -0.1) is 0 Å². The molecule has 1 heterocycles. The zero-order valence-electron chi connectivity index (χ0n) is 11.2. The summed E-state index contributed by atoms with van der Waals surface area (Å²) in [5, 5.41) is 0. The van der Waals surface area contributed by atoms with E-state index in [1.165, 1.54) is 50.7 Å². The van der Waals surface area contributed by atoms with Crippen LogP contribution in [-0.4, -0.2) is 42.5 Å². The van der Waals surface area contributed by atoms with Crippen LogP contribution in [0.3, 0.4) is 0 Å². The van der Waals surface area contributed by atoms with Crippen LogP contribution in [0.5, 0.6) is 0 Å². The summed E-state index contributed by atoms with van der Waals surface area (Å²) in [5.41, 5.74) is 5.98. The third kappa shape index (κ3) is 6.81. The number of nitrogens with zero attached hydrogens (tertiary/aromatic N) is 2. The van der Waals surface area contributed by atoms with Crippen molar-refractivity contribution in [2.24, 2.45) is 10.7 Å². The summed E-state index contributed by atoms with van der Waals surface area (Å²) in [4.78, 5) is 6.71. The van der Waals surface area contributed by atoms with E-state index in [1.807, 2.05) is 11.8 Å². The minimum atomic E-state index is 0.772. The first-order valence-corrected chi connectivity index (χ1v) is 8.28. The fourth-order valence-electron chi connectivity index (χ4n) is 2.13. The highest BCUT2D eigenvalue weighted by atomic mass is 32.2. The molecule has 3 nitrogen and oxygen atoms in total. The zero-order valence-corrected chi connectivity index (χ0v) is 12.0. The third-order valence-corrected chi connectivity index (χ3v) is 3.91. The maximum absolute atomic E-state index is 5.98. The van der Waals surface area contributed by atoms with E-state index in [-0.39, 0.29) is 0 Å². The molecule has 0 atom stereocenters. The second kappa shape index (κ2) is 9.63. The molecule has 0 radical (unpaired) electrons. The molecule has 0 aromatic carbocycles. The Labute approximate surface area is 110 Å². The van der Waals surface area contributed by atoms with Crippen molar-refractivity contribution >= 4 is 17.7 Å². The van der Waals surface area contributed by atoms with E-state index in [4.69, 9.17) is 5.73 Å². The van der Waals surface area contributed by atoms with Crippen molar-refractivity contribution in [2.75, 3.05) is 31.6 Å². The molecule has 1 saturated heterocycles. The molecule has 0 aliphatic carbocycles. The van der Waals surface area contributed by atoms with Gasteiger partial charge >= 0.3 is 0 Å². The maximum atomic E-state index is 5.98. The number of likely N-dealkylation sites (tertiary alicyclic amines) is 1. The average Bonchev–Trinajstić information content (AvgIpc) is 2.38. The SMILES string of the molecule is CSCCCCCCN=C(N)N1CCCCC1. The molecule has 17 heavy (non-hydrogen) atoms. The number of thioether (sulfide) groups is 1. The summed E-state index contributed by atoms with van der Waals surface area (Å²) in [6, 6.07) is 0. The number of nitrogens with two attached hydrogens (primary N) is 1. The summed E-state index contributed by atoms with van der Waals surface area (Å²) in [6.45, 7) is 3.10. The summed E-state index contributed by atoms with van der Waals surface area (Å²) in [6.07, 6.45) is 11.2. The Morgan fingerprint density at radius 2 is 1.82 bits per heavy atom. The lowest BCUT2D eigenvalue weighted by atomic mass is 10.1. The van der Waals surface area contributed by atoms with E-state index in [2.05, 4.69) is 16.1 Å². The highest BCUT2D eigenvalue weighted by Crippen LogP contribution is 2.08. The molecule has 0 aromatic heterocycles. The molecule has 1 aliphatic heterocycles. The van der Waals surface area contributed by atoms with Gasteiger partial charge in [0.1, 0.15) is 0 Å². The third-order valence-electron chi connectivity index (χ3n) is 3.21. The topological polar surface area (TPSA) is 41.6 Å². The quantitative estimate of drug-likeness (QED) is 0.433. The van der Waals surface area contributed by atoms with Crippen LogP contribution in [0.15, 0.2) is 4.99 Å². The number of unbranched alkanes of at least 4 members (excludes halogenated alkanes) is 3. The first-order valence-electron chi connectivity index (χ1n) is 6.88. The fraction of sp³-hybridized carbons (Fsp3) is 0.923. The number of aliphatic imine (C=N–C) groups is 1. The molecular formula is C13H27N3S. The van der Waals surface area contributed by atoms with Gasteiger partial charge < -0.3 is 10.6 Å². The summed E-state index contributed by atoms with van der Waals surface area (Å²) in [7, 11) is 0. The van der Waals surface area contributed by atoms with Gasteiger partial charge in [-0.2, -0.15) is 11.8 Å². The Balaban J connectivity index is 2.02. The highest BCUT2D eigenvalue weighted by molar-refractivity contribution is 7.98. The Bertz CT molecular complexity index is 213. The molecule has 2 N–H and O–H groups in total. The van der Waals surface area contributed by atoms with Crippen molar-refractivity contribution in [3.8, 4) is 0 Å². The minimum Gasteiger partial charge on any atom is -0.370 e. The maximum Gasteiger partial charge on any atom is 0.191 e. The van der Waals surface area contributed by atoms with Crippen LogP contribution < -0.4 is 5.73 Å². The van der Waals surface area contributed by atoms with E-state index < -0.39 is 0 Å². The number of piperidine rings is 1. The molecule has 100 valence electrons. The summed E-state index contributed by atoms with van der Waals surface area (Å²) >= 11 is 1.93. The smallest absolute Gasteiger partial charge is 0.191 e. The molecule has 0 bridgehead atoms. The molecule has 1 fully saturated rings. The predicted molar refractivity (Wildman–Crippen MR) is 78.8 cm³/mol. The van der Waals surface area contributed by atoms with Gasteiger partial charge in [-0.3, -0.25) is 4.99 Å². The van der Waals surface area contributed by atoms with E-state index >= 15 is 0 Å². The average molecular weight is 257 g/mol. The summed E-state index contributed by atoms with van der Waals surface area (Å²) < 4.78 is 0. The van der Waals surface area contributed by atoms with Crippen LogP contribution in [0.2, 0.25) is 0 Å². The van der Waals surface area contributed by atoms with E-state index in [0.717, 1.165) is 25.6 Å². The second-order valence-corrected chi connectivity index (χ2v) is 5.68. The largest absolute Gasteiger partial charge is 0.370 e. The zero-order chi connectivity index (χ0) is 12.3. The van der Waals surface area contributed by atoms with Crippen molar-refractivity contribution in [3.05, 3.63) is 0 Å². The van der Waals surface area contributed by atoms with Gasteiger partial charge in [0, 0.05) is 19.6 Å². The molecule has 0 saturated carbocycles. The van der Waals surface area contributed by atoms with Crippen LogP contribution in [-0.2, 0) is 0 Å². The highest BCUT2D eigenvalue weighted by Gasteiger charge is 2.11. The first-order chi connectivity index (χ1) is 8.34. The minimum absolute atomic E-state index is 0.772. The van der Waals surface area contributed by atoms with Crippen molar-refractivity contribution in [1.29, 1.82) is 0 Å². The van der Waals surface area contributed by atoms with Crippen molar-refractivity contribution in [3.63, 3.8) is 0 Å². The van der Waals surface area contributed by atoms with Crippen molar-refractivity contribution < 1.29 is 0 Å². The van der Waals surface area contributed by atoms with E-state index in [1.54, 1.807) is 0 Å². The Morgan fingerprint density at radius 1 is 1.12 bits per heavy atom. The number of rotatable bonds is 7.